The number of fused-ring (bicyclic) bond motifs is 1. The molecule has 9 nitrogen and oxygen atoms in total. The molecule has 1 aromatic heterocycles. The summed E-state index contributed by atoms with van der Waals surface area (Å²) in [5.41, 5.74) is 4.73. The molecule has 0 fully saturated rings. The van der Waals surface area contributed by atoms with Crippen molar-refractivity contribution in [1.29, 1.82) is 0 Å². The fourth-order valence-electron chi connectivity index (χ4n) is 4.52. The van der Waals surface area contributed by atoms with Crippen molar-refractivity contribution in [2.45, 2.75) is 38.1 Å². The normalized spacial score (nSPS) is 11.8. The first kappa shape index (κ1) is 31.7. The zero-order valence-electron chi connectivity index (χ0n) is 24.3. The summed E-state index contributed by atoms with van der Waals surface area (Å²) >= 11 is 0. The van der Waals surface area contributed by atoms with E-state index >= 15 is 0 Å². The Labute approximate surface area is 256 Å². The number of rotatable bonds is 15. The lowest BCUT2D eigenvalue weighted by atomic mass is 10.1. The van der Waals surface area contributed by atoms with Gasteiger partial charge in [0, 0.05) is 24.1 Å². The maximum Gasteiger partial charge on any atom is 0.247 e. The van der Waals surface area contributed by atoms with Crippen molar-refractivity contribution in [2.24, 2.45) is 0 Å². The number of carbonyl (C=O) groups is 3. The number of carbonyl (C=O) groups excluding carboxylic acids is 3. The average molecular weight is 593 g/mol. The quantitative estimate of drug-likeness (QED) is 0.0587. The summed E-state index contributed by atoms with van der Waals surface area (Å²) in [5, 5.41) is 15.3. The number of benzene rings is 3. The van der Waals surface area contributed by atoms with Crippen molar-refractivity contribution >= 4 is 46.5 Å². The number of para-hydroxylation sites is 1. The van der Waals surface area contributed by atoms with Crippen LogP contribution in [0.25, 0.3) is 23.1 Å². The fourth-order valence-corrected chi connectivity index (χ4v) is 4.52. The molecule has 3 amide bonds. The predicted octanol–water partition coefficient (Wildman–Crippen LogP) is 5.92. The van der Waals surface area contributed by atoms with E-state index in [0.717, 1.165) is 16.5 Å². The molecule has 44 heavy (non-hydrogen) atoms. The molecule has 9 heteroatoms. The lowest BCUT2D eigenvalue weighted by Crippen LogP contribution is -2.43. The van der Waals surface area contributed by atoms with Crippen molar-refractivity contribution in [3.63, 3.8) is 0 Å². The zero-order chi connectivity index (χ0) is 31.0. The number of hydrogen-bond donors (Lipinski definition) is 4. The molecule has 0 spiro atoms. The van der Waals surface area contributed by atoms with E-state index in [0.29, 0.717) is 49.2 Å². The van der Waals surface area contributed by atoms with Crippen LogP contribution in [0, 0.1) is 0 Å². The van der Waals surface area contributed by atoms with Crippen LogP contribution in [-0.2, 0) is 14.4 Å². The summed E-state index contributed by atoms with van der Waals surface area (Å²) < 4.78 is 5.76. The van der Waals surface area contributed by atoms with Gasteiger partial charge in [-0.15, -0.1) is 0 Å². The molecule has 0 bridgehead atoms. The van der Waals surface area contributed by atoms with E-state index in [1.165, 1.54) is 6.08 Å². The van der Waals surface area contributed by atoms with E-state index in [1.54, 1.807) is 23.8 Å². The van der Waals surface area contributed by atoms with Gasteiger partial charge in [0.05, 0.1) is 11.2 Å². The van der Waals surface area contributed by atoms with Crippen LogP contribution in [0.2, 0.25) is 0 Å². The topological polar surface area (TPSA) is 130 Å². The van der Waals surface area contributed by atoms with Gasteiger partial charge in [-0.05, 0) is 60.4 Å². The van der Waals surface area contributed by atoms with Crippen LogP contribution in [0.1, 0.15) is 43.2 Å². The molecule has 4 N–H and O–H groups in total. The molecule has 0 aliphatic rings. The van der Waals surface area contributed by atoms with Gasteiger partial charge in [-0.2, -0.15) is 0 Å². The van der Waals surface area contributed by atoms with E-state index in [9.17, 15) is 14.4 Å². The second-order valence-electron chi connectivity index (χ2n) is 10.1. The number of nitrogens with one attached hydrogen (secondary N) is 3. The maximum atomic E-state index is 13.3. The molecule has 0 unspecified atom stereocenters. The third-order valence-corrected chi connectivity index (χ3v) is 6.81. The highest BCUT2D eigenvalue weighted by atomic mass is 16.5. The number of nitrogens with zero attached hydrogens (tertiary/aromatic N) is 1. The molecule has 4 aromatic rings. The van der Waals surface area contributed by atoms with Crippen LogP contribution in [0.3, 0.4) is 0 Å². The molecule has 0 aliphatic carbocycles. The number of hydrogen-bond acceptors (Lipinski definition) is 6. The van der Waals surface area contributed by atoms with Gasteiger partial charge in [-0.1, -0.05) is 79.6 Å². The Morgan fingerprint density at radius 1 is 0.841 bits per heavy atom. The number of hydroxylamine groups is 1. The van der Waals surface area contributed by atoms with Crippen molar-refractivity contribution < 1.29 is 24.3 Å². The first-order valence-corrected chi connectivity index (χ1v) is 14.5. The Morgan fingerprint density at radius 2 is 1.61 bits per heavy atom. The molecule has 0 aliphatic heterocycles. The van der Waals surface area contributed by atoms with Gasteiger partial charge in [0.25, 0.3) is 0 Å². The maximum absolute atomic E-state index is 13.3. The van der Waals surface area contributed by atoms with Gasteiger partial charge in [0.2, 0.25) is 17.7 Å². The van der Waals surface area contributed by atoms with Crippen molar-refractivity contribution in [2.75, 3.05) is 11.9 Å². The Hall–Kier alpha value is -5.28. The van der Waals surface area contributed by atoms with E-state index in [2.05, 4.69) is 15.6 Å². The minimum absolute atomic E-state index is 0.179. The van der Waals surface area contributed by atoms with Crippen LogP contribution in [0.15, 0.2) is 103 Å². The highest BCUT2D eigenvalue weighted by Crippen LogP contribution is 2.21. The largest absolute Gasteiger partial charge is 0.490 e. The predicted molar refractivity (Wildman–Crippen MR) is 172 cm³/mol. The number of ether oxygens (including phenoxy) is 1. The highest BCUT2D eigenvalue weighted by molar-refractivity contribution is 6.04. The van der Waals surface area contributed by atoms with Gasteiger partial charge in [0.1, 0.15) is 18.4 Å². The monoisotopic (exact) mass is 592 g/mol. The molecule has 3 aromatic carbocycles. The van der Waals surface area contributed by atoms with Gasteiger partial charge in [0.15, 0.2) is 0 Å². The molecule has 1 atom stereocenters. The van der Waals surface area contributed by atoms with Gasteiger partial charge in [-0.3, -0.25) is 24.6 Å². The summed E-state index contributed by atoms with van der Waals surface area (Å²) in [6.07, 6.45) is 11.0. The van der Waals surface area contributed by atoms with Crippen molar-refractivity contribution in [3.05, 3.63) is 114 Å². The summed E-state index contributed by atoms with van der Waals surface area (Å²) in [5.74, 6) is -0.519. The number of pyridine rings is 1. The lowest BCUT2D eigenvalue weighted by Gasteiger charge is -2.18. The Bertz CT molecular complexity index is 1580. The Kier molecular flexibility index (Phi) is 12.2. The first-order valence-electron chi connectivity index (χ1n) is 14.5. The first-order chi connectivity index (χ1) is 21.5. The van der Waals surface area contributed by atoms with Crippen LogP contribution >= 0.6 is 0 Å². The Balaban J connectivity index is 1.33. The summed E-state index contributed by atoms with van der Waals surface area (Å²) in [6.45, 7) is 0.430. The summed E-state index contributed by atoms with van der Waals surface area (Å²) in [7, 11) is 0. The lowest BCUT2D eigenvalue weighted by molar-refractivity contribution is -0.129. The molecular weight excluding hydrogens is 556 g/mol. The number of unbranched alkanes of at least 4 members (excludes halogenated alkanes) is 2. The van der Waals surface area contributed by atoms with E-state index in [4.69, 9.17) is 9.94 Å². The standard InChI is InChI=1S/C35H36N4O5/c40-32(23-20-27-18-21-29(22-19-27)44-25-9-12-26-10-3-1-4-11-26)37-31(15-5-2-6-17-33(41)39-43)35(42)38-30-16-7-13-28-14-8-24-36-34(28)30/h1,3-4,7-14,16,18-24,31,43H,2,5-6,15,17,25H2,(H,37,40)(H,38,42)(H,39,41)/b12-9+,23-20+/t31-/m0/s1. The molecule has 0 radical (unpaired) electrons. The third-order valence-electron chi connectivity index (χ3n) is 6.81. The number of aromatic nitrogens is 1. The molecular formula is C35H36N4O5. The van der Waals surface area contributed by atoms with Gasteiger partial charge in [-0.25, -0.2) is 5.48 Å². The minimum atomic E-state index is -0.808. The second kappa shape index (κ2) is 17.0. The van der Waals surface area contributed by atoms with Crippen LogP contribution in [-0.4, -0.2) is 40.6 Å². The molecule has 226 valence electrons. The molecule has 0 saturated carbocycles. The number of amides is 3. The third kappa shape index (κ3) is 10.2. The summed E-state index contributed by atoms with van der Waals surface area (Å²) in [4.78, 5) is 41.9. The van der Waals surface area contributed by atoms with Crippen LogP contribution in [0.5, 0.6) is 5.75 Å². The minimum Gasteiger partial charge on any atom is -0.490 e. The fraction of sp³-hybridized carbons (Fsp3) is 0.200. The van der Waals surface area contributed by atoms with E-state index < -0.39 is 17.9 Å². The summed E-state index contributed by atoms with van der Waals surface area (Å²) in [6, 6.07) is 25.8. The van der Waals surface area contributed by atoms with E-state index in [1.807, 2.05) is 91.0 Å². The van der Waals surface area contributed by atoms with Gasteiger partial charge >= 0.3 is 0 Å². The van der Waals surface area contributed by atoms with Crippen LogP contribution < -0.4 is 20.9 Å². The molecule has 1 heterocycles. The highest BCUT2D eigenvalue weighted by Gasteiger charge is 2.21. The molecule has 4 rings (SSSR count). The van der Waals surface area contributed by atoms with E-state index in [-0.39, 0.29) is 12.3 Å². The van der Waals surface area contributed by atoms with Gasteiger partial charge < -0.3 is 15.4 Å². The molecule has 0 saturated heterocycles. The number of anilines is 1. The van der Waals surface area contributed by atoms with Crippen molar-refractivity contribution in [1.82, 2.24) is 15.8 Å². The SMILES string of the molecule is O=C(/C=C/c1ccc(OC/C=C/c2ccccc2)cc1)N[C@@H](CCCCCC(=O)NO)C(=O)Nc1cccc2cccnc12. The smallest absolute Gasteiger partial charge is 0.247 e. The van der Waals surface area contributed by atoms with Crippen LogP contribution in [0.4, 0.5) is 5.69 Å². The average Bonchev–Trinajstić information content (AvgIpc) is 3.06. The van der Waals surface area contributed by atoms with Crippen molar-refractivity contribution in [3.8, 4) is 5.75 Å². The Morgan fingerprint density at radius 3 is 2.41 bits per heavy atom. The zero-order valence-corrected chi connectivity index (χ0v) is 24.3. The second-order valence-corrected chi connectivity index (χ2v) is 10.1.